The van der Waals surface area contributed by atoms with Crippen LogP contribution in [0.4, 0.5) is 5.69 Å². The van der Waals surface area contributed by atoms with Gasteiger partial charge in [-0.15, -0.1) is 0 Å². The van der Waals surface area contributed by atoms with Gasteiger partial charge in [-0.1, -0.05) is 0 Å². The zero-order valence-corrected chi connectivity index (χ0v) is 10.7. The van der Waals surface area contributed by atoms with Crippen LogP contribution in [-0.4, -0.2) is 45.5 Å². The van der Waals surface area contributed by atoms with E-state index in [4.69, 9.17) is 14.2 Å². The fourth-order valence-corrected chi connectivity index (χ4v) is 2.16. The van der Waals surface area contributed by atoms with Crippen molar-refractivity contribution in [2.24, 2.45) is 0 Å². The van der Waals surface area contributed by atoms with E-state index in [1.165, 1.54) is 0 Å². The summed E-state index contributed by atoms with van der Waals surface area (Å²) in [5.74, 6) is 1.31. The molecule has 0 aliphatic carbocycles. The Morgan fingerprint density at radius 3 is 3.00 bits per heavy atom. The molecule has 1 amide bonds. The summed E-state index contributed by atoms with van der Waals surface area (Å²) in [6.45, 7) is 2.13. The van der Waals surface area contributed by atoms with E-state index in [0.29, 0.717) is 24.7 Å². The maximum atomic E-state index is 12.3. The molecule has 0 bridgehead atoms. The zero-order valence-electron chi connectivity index (χ0n) is 10.7. The third-order valence-electron chi connectivity index (χ3n) is 3.28. The number of fused-ring (bicyclic) bond motifs is 1. The standard InChI is InChI=1S/C13H16N2O4/c1-15(13(16)12-7-14-4-5-17-12)9-2-3-10-11(6-9)19-8-18-10/h2-3,6,12,14H,4-5,7-8H2,1H3. The van der Waals surface area contributed by atoms with Crippen molar-refractivity contribution < 1.29 is 19.0 Å². The lowest BCUT2D eigenvalue weighted by Gasteiger charge is -2.27. The second-order valence-electron chi connectivity index (χ2n) is 4.50. The third kappa shape index (κ3) is 2.36. The number of carbonyl (C=O) groups excluding carboxylic acids is 1. The minimum atomic E-state index is -0.427. The van der Waals surface area contributed by atoms with E-state index in [9.17, 15) is 4.79 Å². The van der Waals surface area contributed by atoms with Crippen LogP contribution < -0.4 is 19.7 Å². The molecule has 1 N–H and O–H groups in total. The Hall–Kier alpha value is -1.79. The average Bonchev–Trinajstić information content (AvgIpc) is 2.94. The first-order valence-corrected chi connectivity index (χ1v) is 6.25. The molecular weight excluding hydrogens is 248 g/mol. The minimum Gasteiger partial charge on any atom is -0.454 e. The molecule has 0 saturated carbocycles. The Labute approximate surface area is 111 Å². The van der Waals surface area contributed by atoms with Crippen LogP contribution in [0, 0.1) is 0 Å². The summed E-state index contributed by atoms with van der Waals surface area (Å²) in [6, 6.07) is 5.44. The molecule has 1 atom stereocenters. The van der Waals surface area contributed by atoms with Gasteiger partial charge in [-0.2, -0.15) is 0 Å². The summed E-state index contributed by atoms with van der Waals surface area (Å²) in [4.78, 5) is 13.9. The van der Waals surface area contributed by atoms with E-state index in [2.05, 4.69) is 5.32 Å². The molecule has 0 spiro atoms. The predicted octanol–water partition coefficient (Wildman–Crippen LogP) is 0.366. The van der Waals surface area contributed by atoms with Crippen molar-refractivity contribution in [1.29, 1.82) is 0 Å². The highest BCUT2D eigenvalue weighted by Gasteiger charge is 2.26. The molecule has 102 valence electrons. The topological polar surface area (TPSA) is 60.0 Å². The number of hydrogen-bond donors (Lipinski definition) is 1. The Bertz CT molecular complexity index is 486. The Morgan fingerprint density at radius 2 is 2.21 bits per heavy atom. The van der Waals surface area contributed by atoms with E-state index in [1.54, 1.807) is 24.1 Å². The van der Waals surface area contributed by atoms with Crippen LogP contribution in [0.25, 0.3) is 0 Å². The summed E-state index contributed by atoms with van der Waals surface area (Å²) in [6.07, 6.45) is -0.427. The van der Waals surface area contributed by atoms with Gasteiger partial charge < -0.3 is 24.4 Å². The van der Waals surface area contributed by atoms with E-state index < -0.39 is 6.10 Å². The van der Waals surface area contributed by atoms with Gasteiger partial charge in [0.25, 0.3) is 5.91 Å². The Kier molecular flexibility index (Phi) is 3.27. The number of anilines is 1. The number of nitrogens with one attached hydrogen (secondary N) is 1. The first kappa shape index (κ1) is 12.3. The second kappa shape index (κ2) is 5.07. The van der Waals surface area contributed by atoms with Crippen molar-refractivity contribution in [2.45, 2.75) is 6.10 Å². The third-order valence-corrected chi connectivity index (χ3v) is 3.28. The smallest absolute Gasteiger partial charge is 0.257 e. The van der Waals surface area contributed by atoms with Crippen LogP contribution in [0.2, 0.25) is 0 Å². The molecule has 1 aromatic rings. The molecule has 6 nitrogen and oxygen atoms in total. The fourth-order valence-electron chi connectivity index (χ4n) is 2.16. The van der Waals surface area contributed by atoms with Gasteiger partial charge in [0, 0.05) is 31.9 Å². The molecular formula is C13H16N2O4. The highest BCUT2D eigenvalue weighted by molar-refractivity contribution is 5.96. The van der Waals surface area contributed by atoms with Crippen LogP contribution in [0.3, 0.4) is 0 Å². The van der Waals surface area contributed by atoms with Crippen molar-refractivity contribution >= 4 is 11.6 Å². The van der Waals surface area contributed by atoms with Gasteiger partial charge in [0.15, 0.2) is 11.5 Å². The minimum absolute atomic E-state index is 0.0638. The molecule has 1 aromatic carbocycles. The number of ether oxygens (including phenoxy) is 3. The van der Waals surface area contributed by atoms with E-state index in [0.717, 1.165) is 12.2 Å². The van der Waals surface area contributed by atoms with E-state index >= 15 is 0 Å². The normalized spacial score (nSPS) is 21.2. The molecule has 0 radical (unpaired) electrons. The molecule has 2 heterocycles. The molecule has 0 aromatic heterocycles. The van der Waals surface area contributed by atoms with Crippen molar-refractivity contribution in [2.75, 3.05) is 38.4 Å². The number of benzene rings is 1. The summed E-state index contributed by atoms with van der Waals surface area (Å²) in [5, 5.41) is 3.15. The van der Waals surface area contributed by atoms with Crippen LogP contribution in [0.1, 0.15) is 0 Å². The van der Waals surface area contributed by atoms with Crippen LogP contribution in [0.15, 0.2) is 18.2 Å². The summed E-state index contributed by atoms with van der Waals surface area (Å²) >= 11 is 0. The SMILES string of the molecule is CN(C(=O)C1CNCCO1)c1ccc2c(c1)OCO2. The molecule has 1 unspecified atom stereocenters. The number of carbonyl (C=O) groups is 1. The Balaban J connectivity index is 1.75. The monoisotopic (exact) mass is 264 g/mol. The van der Waals surface area contributed by atoms with Gasteiger partial charge in [0.1, 0.15) is 6.10 Å². The van der Waals surface area contributed by atoms with Gasteiger partial charge in [0.2, 0.25) is 6.79 Å². The summed E-state index contributed by atoms with van der Waals surface area (Å²) in [5.41, 5.74) is 0.767. The first-order chi connectivity index (χ1) is 9.25. The van der Waals surface area contributed by atoms with Crippen LogP contribution >= 0.6 is 0 Å². The number of morpholine rings is 1. The number of amides is 1. The Morgan fingerprint density at radius 1 is 1.37 bits per heavy atom. The molecule has 3 rings (SSSR count). The predicted molar refractivity (Wildman–Crippen MR) is 68.6 cm³/mol. The molecule has 2 aliphatic rings. The molecule has 19 heavy (non-hydrogen) atoms. The number of hydrogen-bond acceptors (Lipinski definition) is 5. The maximum Gasteiger partial charge on any atom is 0.257 e. The fraction of sp³-hybridized carbons (Fsp3) is 0.462. The second-order valence-corrected chi connectivity index (χ2v) is 4.50. The summed E-state index contributed by atoms with van der Waals surface area (Å²) < 4.78 is 16.0. The first-order valence-electron chi connectivity index (χ1n) is 6.25. The number of rotatable bonds is 2. The molecule has 2 aliphatic heterocycles. The number of nitrogens with zero attached hydrogens (tertiary/aromatic N) is 1. The van der Waals surface area contributed by atoms with Crippen molar-refractivity contribution in [3.05, 3.63) is 18.2 Å². The van der Waals surface area contributed by atoms with E-state index in [1.807, 2.05) is 6.07 Å². The average molecular weight is 264 g/mol. The lowest BCUT2D eigenvalue weighted by molar-refractivity contribution is -0.131. The van der Waals surface area contributed by atoms with Gasteiger partial charge in [-0.3, -0.25) is 4.79 Å². The van der Waals surface area contributed by atoms with Gasteiger partial charge >= 0.3 is 0 Å². The zero-order chi connectivity index (χ0) is 13.2. The van der Waals surface area contributed by atoms with Gasteiger partial charge in [-0.25, -0.2) is 0 Å². The van der Waals surface area contributed by atoms with Crippen molar-refractivity contribution in [3.63, 3.8) is 0 Å². The van der Waals surface area contributed by atoms with Crippen LogP contribution in [0.5, 0.6) is 11.5 Å². The largest absolute Gasteiger partial charge is 0.454 e. The van der Waals surface area contributed by atoms with Crippen molar-refractivity contribution in [1.82, 2.24) is 5.32 Å². The molecule has 1 saturated heterocycles. The van der Waals surface area contributed by atoms with Crippen LogP contribution in [-0.2, 0) is 9.53 Å². The lowest BCUT2D eigenvalue weighted by Crippen LogP contribution is -2.48. The highest BCUT2D eigenvalue weighted by Crippen LogP contribution is 2.35. The maximum absolute atomic E-state index is 12.3. The highest BCUT2D eigenvalue weighted by atomic mass is 16.7. The lowest BCUT2D eigenvalue weighted by atomic mass is 10.2. The molecule has 6 heteroatoms. The van der Waals surface area contributed by atoms with Crippen molar-refractivity contribution in [3.8, 4) is 11.5 Å². The number of likely N-dealkylation sites (N-methyl/N-ethyl adjacent to an activating group) is 1. The summed E-state index contributed by atoms with van der Waals surface area (Å²) in [7, 11) is 1.73. The quantitative estimate of drug-likeness (QED) is 0.836. The van der Waals surface area contributed by atoms with Gasteiger partial charge in [0.05, 0.1) is 6.61 Å². The molecule has 1 fully saturated rings. The van der Waals surface area contributed by atoms with Gasteiger partial charge in [-0.05, 0) is 12.1 Å². The van der Waals surface area contributed by atoms with E-state index in [-0.39, 0.29) is 12.7 Å².